The highest BCUT2D eigenvalue weighted by molar-refractivity contribution is 7.86. The Morgan fingerprint density at radius 1 is 1.23 bits per heavy atom. The normalized spacial score (nSPS) is 18.8. The van der Waals surface area contributed by atoms with Crippen molar-refractivity contribution in [2.75, 3.05) is 32.5 Å². The predicted molar refractivity (Wildman–Crippen MR) is 100 cm³/mol. The highest BCUT2D eigenvalue weighted by Crippen LogP contribution is 2.29. The Morgan fingerprint density at radius 2 is 1.96 bits per heavy atom. The molecule has 0 unspecified atom stereocenters. The number of hydrogen-bond donors (Lipinski definition) is 1. The van der Waals surface area contributed by atoms with Gasteiger partial charge in [0.15, 0.2) is 0 Å². The molecule has 0 radical (unpaired) electrons. The van der Waals surface area contributed by atoms with E-state index in [4.69, 9.17) is 0 Å². The van der Waals surface area contributed by atoms with Gasteiger partial charge in [-0.25, -0.2) is 9.97 Å². The summed E-state index contributed by atoms with van der Waals surface area (Å²) in [6, 6.07) is 5.65. The Hall–Kier alpha value is -2.10. The minimum absolute atomic E-state index is 0.0654. The van der Waals surface area contributed by atoms with Gasteiger partial charge in [-0.05, 0) is 38.0 Å². The summed E-state index contributed by atoms with van der Waals surface area (Å²) in [7, 11) is -0.284. The average molecular weight is 376 g/mol. The molecular formula is C17H24N6O2S. The molecule has 1 aliphatic heterocycles. The van der Waals surface area contributed by atoms with Crippen molar-refractivity contribution in [2.45, 2.75) is 25.7 Å². The largest absolute Gasteiger partial charge is 0.324 e. The summed E-state index contributed by atoms with van der Waals surface area (Å²) in [5.41, 5.74) is 2.61. The molecule has 9 heteroatoms. The van der Waals surface area contributed by atoms with E-state index < -0.39 is 10.2 Å². The van der Waals surface area contributed by atoms with Gasteiger partial charge in [0.05, 0.1) is 0 Å². The van der Waals surface area contributed by atoms with Crippen LogP contribution in [0.3, 0.4) is 0 Å². The smallest absolute Gasteiger partial charge is 0.281 e. The summed E-state index contributed by atoms with van der Waals surface area (Å²) in [6.07, 6.45) is 5.08. The van der Waals surface area contributed by atoms with E-state index in [1.54, 1.807) is 36.9 Å². The van der Waals surface area contributed by atoms with Gasteiger partial charge in [-0.1, -0.05) is 0 Å². The number of nitrogens with one attached hydrogen (secondary N) is 1. The molecule has 8 nitrogen and oxygen atoms in total. The van der Waals surface area contributed by atoms with E-state index in [0.29, 0.717) is 19.0 Å². The molecule has 140 valence electrons. The van der Waals surface area contributed by atoms with Crippen molar-refractivity contribution in [2.24, 2.45) is 0 Å². The molecule has 2 aromatic rings. The summed E-state index contributed by atoms with van der Waals surface area (Å²) in [5, 5.41) is 3.18. The van der Waals surface area contributed by atoms with Crippen LogP contribution in [0.1, 0.15) is 30.1 Å². The number of hydrogen-bond acceptors (Lipinski definition) is 6. The van der Waals surface area contributed by atoms with E-state index in [9.17, 15) is 8.42 Å². The zero-order valence-corrected chi connectivity index (χ0v) is 16.1. The Labute approximate surface area is 154 Å². The van der Waals surface area contributed by atoms with Gasteiger partial charge >= 0.3 is 0 Å². The molecule has 1 N–H and O–H groups in total. The molecule has 26 heavy (non-hydrogen) atoms. The van der Waals surface area contributed by atoms with Crippen molar-refractivity contribution in [1.29, 1.82) is 0 Å². The summed E-state index contributed by atoms with van der Waals surface area (Å²) < 4.78 is 27.7. The number of nitrogens with zero attached hydrogens (tertiary/aromatic N) is 5. The molecule has 1 atom stereocenters. The topological polar surface area (TPSA) is 91.3 Å². The fraction of sp³-hybridized carbons (Fsp3) is 0.471. The first-order chi connectivity index (χ1) is 12.4. The number of pyridine rings is 1. The lowest BCUT2D eigenvalue weighted by Crippen LogP contribution is -2.45. The molecule has 3 rings (SSSR count). The minimum atomic E-state index is -3.41. The molecule has 0 saturated carbocycles. The van der Waals surface area contributed by atoms with Crippen LogP contribution >= 0.6 is 0 Å². The lowest BCUT2D eigenvalue weighted by atomic mass is 9.95. The van der Waals surface area contributed by atoms with E-state index in [2.05, 4.69) is 20.3 Å². The van der Waals surface area contributed by atoms with Crippen LogP contribution in [0.25, 0.3) is 0 Å². The van der Waals surface area contributed by atoms with Gasteiger partial charge in [-0.15, -0.1) is 0 Å². The van der Waals surface area contributed by atoms with Crippen LogP contribution in [0.5, 0.6) is 0 Å². The van der Waals surface area contributed by atoms with Crippen molar-refractivity contribution in [1.82, 2.24) is 23.6 Å². The van der Waals surface area contributed by atoms with Crippen LogP contribution in [-0.4, -0.2) is 59.2 Å². The second kappa shape index (κ2) is 7.65. The quantitative estimate of drug-likeness (QED) is 0.857. The third-order valence-electron chi connectivity index (χ3n) is 4.39. The maximum Gasteiger partial charge on any atom is 0.281 e. The first-order valence-electron chi connectivity index (χ1n) is 8.56. The summed E-state index contributed by atoms with van der Waals surface area (Å²) in [6.45, 7) is 2.92. The van der Waals surface area contributed by atoms with Gasteiger partial charge < -0.3 is 5.32 Å². The van der Waals surface area contributed by atoms with Crippen molar-refractivity contribution >= 4 is 21.8 Å². The van der Waals surface area contributed by atoms with Gasteiger partial charge in [0.1, 0.15) is 0 Å². The number of piperidine rings is 1. The summed E-state index contributed by atoms with van der Waals surface area (Å²) in [5.74, 6) is 0.583. The maximum absolute atomic E-state index is 12.4. The molecule has 0 spiro atoms. The van der Waals surface area contributed by atoms with E-state index in [0.717, 1.165) is 29.9 Å². The third kappa shape index (κ3) is 4.17. The Bertz CT molecular complexity index is 857. The zero-order valence-electron chi connectivity index (χ0n) is 15.3. The van der Waals surface area contributed by atoms with Crippen LogP contribution in [0, 0.1) is 6.92 Å². The second-order valence-electron chi connectivity index (χ2n) is 6.61. The molecule has 1 aliphatic rings. The second-order valence-corrected chi connectivity index (χ2v) is 8.75. The Morgan fingerprint density at radius 3 is 2.65 bits per heavy atom. The van der Waals surface area contributed by atoms with Gasteiger partial charge in [-0.3, -0.25) is 4.98 Å². The third-order valence-corrected chi connectivity index (χ3v) is 6.29. The van der Waals surface area contributed by atoms with Crippen LogP contribution in [-0.2, 0) is 10.2 Å². The van der Waals surface area contributed by atoms with Crippen molar-refractivity contribution < 1.29 is 8.42 Å². The van der Waals surface area contributed by atoms with Crippen molar-refractivity contribution in [3.63, 3.8) is 0 Å². The molecule has 1 fully saturated rings. The molecule has 2 aromatic heterocycles. The lowest BCUT2D eigenvalue weighted by molar-refractivity contribution is 0.296. The Balaban J connectivity index is 1.82. The van der Waals surface area contributed by atoms with E-state index in [1.165, 1.54) is 4.31 Å². The molecule has 0 amide bonds. The number of rotatable bonds is 5. The maximum atomic E-state index is 12.4. The number of anilines is 2. The molecule has 0 bridgehead atoms. The van der Waals surface area contributed by atoms with Gasteiger partial charge in [0.2, 0.25) is 5.95 Å². The first-order valence-corrected chi connectivity index (χ1v) is 9.96. The van der Waals surface area contributed by atoms with E-state index in [-0.39, 0.29) is 5.92 Å². The highest BCUT2D eigenvalue weighted by atomic mass is 32.2. The van der Waals surface area contributed by atoms with Gasteiger partial charge in [-0.2, -0.15) is 17.0 Å². The fourth-order valence-electron chi connectivity index (χ4n) is 3.09. The monoisotopic (exact) mass is 376 g/mol. The number of aromatic nitrogens is 3. The Kier molecular flexibility index (Phi) is 5.49. The van der Waals surface area contributed by atoms with Crippen LogP contribution in [0.15, 0.2) is 30.6 Å². The van der Waals surface area contributed by atoms with Gasteiger partial charge in [0, 0.05) is 62.6 Å². The first kappa shape index (κ1) is 18.7. The predicted octanol–water partition coefficient (Wildman–Crippen LogP) is 1.91. The van der Waals surface area contributed by atoms with Gasteiger partial charge in [0.25, 0.3) is 10.2 Å². The standard InChI is InChI=1S/C17H24N6O2S/c1-13-10-15(21-17-18-7-5-8-19-17)11-16(20-13)14-6-4-9-23(12-14)26(24,25)22(2)3/h5,7-8,10-11,14H,4,6,9,12H2,1-3H3,(H,18,19,20,21)/t14-/m0/s1. The highest BCUT2D eigenvalue weighted by Gasteiger charge is 2.31. The lowest BCUT2D eigenvalue weighted by Gasteiger charge is -2.33. The van der Waals surface area contributed by atoms with E-state index in [1.807, 2.05) is 19.1 Å². The van der Waals surface area contributed by atoms with Crippen LogP contribution in [0.4, 0.5) is 11.6 Å². The zero-order chi connectivity index (χ0) is 18.7. The molecule has 0 aromatic carbocycles. The van der Waals surface area contributed by atoms with Crippen molar-refractivity contribution in [3.8, 4) is 0 Å². The van der Waals surface area contributed by atoms with Crippen LogP contribution in [0.2, 0.25) is 0 Å². The average Bonchev–Trinajstić information content (AvgIpc) is 2.62. The SMILES string of the molecule is Cc1cc(Nc2ncccn2)cc([C@H]2CCCN(S(=O)(=O)N(C)C)C2)n1. The van der Waals surface area contributed by atoms with E-state index >= 15 is 0 Å². The fourth-order valence-corrected chi connectivity index (χ4v) is 4.28. The summed E-state index contributed by atoms with van der Waals surface area (Å²) >= 11 is 0. The molecule has 1 saturated heterocycles. The minimum Gasteiger partial charge on any atom is -0.324 e. The molecular weight excluding hydrogens is 352 g/mol. The number of aryl methyl sites for hydroxylation is 1. The molecule has 3 heterocycles. The summed E-state index contributed by atoms with van der Waals surface area (Å²) in [4.78, 5) is 13.0. The molecule has 0 aliphatic carbocycles. The van der Waals surface area contributed by atoms with Crippen molar-refractivity contribution in [3.05, 3.63) is 42.0 Å². The van der Waals surface area contributed by atoms with Crippen LogP contribution < -0.4 is 5.32 Å².